The van der Waals surface area contributed by atoms with E-state index in [-0.39, 0.29) is 0 Å². The number of aromatic nitrogens is 2. The highest BCUT2D eigenvalue weighted by Gasteiger charge is 2.05. The molecular formula is C11H8BrN3. The maximum Gasteiger partial charge on any atom is 0.0930 e. The molecule has 15 heavy (non-hydrogen) atoms. The van der Waals surface area contributed by atoms with E-state index in [9.17, 15) is 0 Å². The van der Waals surface area contributed by atoms with Crippen LogP contribution in [-0.4, -0.2) is 9.78 Å². The van der Waals surface area contributed by atoms with Crippen molar-refractivity contribution in [3.8, 4) is 6.07 Å². The smallest absolute Gasteiger partial charge is 0.0930 e. The zero-order valence-electron chi connectivity index (χ0n) is 8.11. The number of aryl methyl sites for hydroxylation is 1. The summed E-state index contributed by atoms with van der Waals surface area (Å²) in [6.07, 6.45) is 5.19. The van der Waals surface area contributed by atoms with Gasteiger partial charge in [-0.25, -0.2) is 0 Å². The Morgan fingerprint density at radius 1 is 1.53 bits per heavy atom. The Balaban J connectivity index is 2.74. The number of fused-ring (bicyclic) bond motifs is 1. The summed E-state index contributed by atoms with van der Waals surface area (Å²) in [5.41, 5.74) is 1.92. The fraction of sp³-hybridized carbons (Fsp3) is 0.0909. The third-order valence-electron chi connectivity index (χ3n) is 2.12. The van der Waals surface area contributed by atoms with E-state index in [0.29, 0.717) is 0 Å². The molecule has 74 valence electrons. The Hall–Kier alpha value is -1.60. The zero-order chi connectivity index (χ0) is 10.8. The number of nitrogens with zero attached hydrogens (tertiary/aromatic N) is 3. The molecule has 4 heteroatoms. The molecule has 1 aromatic heterocycles. The number of allylic oxidation sites excluding steroid dienone is 1. The summed E-state index contributed by atoms with van der Waals surface area (Å²) < 4.78 is 2.73. The van der Waals surface area contributed by atoms with Crippen LogP contribution in [0.2, 0.25) is 0 Å². The third-order valence-corrected chi connectivity index (χ3v) is 2.81. The summed E-state index contributed by atoms with van der Waals surface area (Å²) in [4.78, 5) is 0. The average molecular weight is 262 g/mol. The lowest BCUT2D eigenvalue weighted by molar-refractivity contribution is 0.780. The van der Waals surface area contributed by atoms with Gasteiger partial charge in [-0.3, -0.25) is 4.68 Å². The summed E-state index contributed by atoms with van der Waals surface area (Å²) in [6, 6.07) is 5.87. The van der Waals surface area contributed by atoms with Crippen molar-refractivity contribution in [2.75, 3.05) is 0 Å². The van der Waals surface area contributed by atoms with Crippen LogP contribution >= 0.6 is 15.9 Å². The van der Waals surface area contributed by atoms with Gasteiger partial charge in [0.1, 0.15) is 0 Å². The Morgan fingerprint density at radius 2 is 2.33 bits per heavy atom. The minimum Gasteiger partial charge on any atom is -0.275 e. The van der Waals surface area contributed by atoms with Crippen molar-refractivity contribution in [3.63, 3.8) is 0 Å². The van der Waals surface area contributed by atoms with Crippen molar-refractivity contribution in [2.45, 2.75) is 0 Å². The Bertz CT molecular complexity index is 575. The maximum absolute atomic E-state index is 8.52. The van der Waals surface area contributed by atoms with E-state index in [4.69, 9.17) is 5.26 Å². The van der Waals surface area contributed by atoms with Crippen LogP contribution in [0.15, 0.2) is 28.9 Å². The molecule has 0 saturated carbocycles. The molecule has 0 atom stereocenters. The van der Waals surface area contributed by atoms with Gasteiger partial charge in [-0.05, 0) is 18.2 Å². The second kappa shape index (κ2) is 3.87. The van der Waals surface area contributed by atoms with Crippen molar-refractivity contribution >= 4 is 32.9 Å². The Kier molecular flexibility index (Phi) is 2.57. The van der Waals surface area contributed by atoms with E-state index in [1.165, 1.54) is 6.08 Å². The van der Waals surface area contributed by atoms with Gasteiger partial charge in [0.15, 0.2) is 0 Å². The summed E-state index contributed by atoms with van der Waals surface area (Å²) >= 11 is 3.46. The number of hydrogen-bond donors (Lipinski definition) is 0. The fourth-order valence-corrected chi connectivity index (χ4v) is 1.97. The zero-order valence-corrected chi connectivity index (χ0v) is 9.69. The number of rotatable bonds is 1. The highest BCUT2D eigenvalue weighted by Crippen LogP contribution is 2.26. The first kappa shape index (κ1) is 9.94. The highest BCUT2D eigenvalue weighted by molar-refractivity contribution is 9.10. The monoisotopic (exact) mass is 261 g/mol. The van der Waals surface area contributed by atoms with Crippen LogP contribution < -0.4 is 0 Å². The van der Waals surface area contributed by atoms with E-state index < -0.39 is 0 Å². The molecule has 0 aliphatic heterocycles. The second-order valence-electron chi connectivity index (χ2n) is 3.16. The molecule has 0 spiro atoms. The molecule has 0 aliphatic rings. The van der Waals surface area contributed by atoms with Gasteiger partial charge in [-0.2, -0.15) is 10.4 Å². The molecule has 0 unspecified atom stereocenters. The van der Waals surface area contributed by atoms with Crippen molar-refractivity contribution in [2.24, 2.45) is 7.05 Å². The largest absolute Gasteiger partial charge is 0.275 e. The van der Waals surface area contributed by atoms with Gasteiger partial charge >= 0.3 is 0 Å². The van der Waals surface area contributed by atoms with Gasteiger partial charge in [0.2, 0.25) is 0 Å². The normalized spacial score (nSPS) is 11.0. The average Bonchev–Trinajstić information content (AvgIpc) is 2.57. The van der Waals surface area contributed by atoms with Gasteiger partial charge < -0.3 is 0 Å². The lowest BCUT2D eigenvalue weighted by Gasteiger charge is -1.98. The Labute approximate surface area is 95.8 Å². The van der Waals surface area contributed by atoms with E-state index in [1.54, 1.807) is 10.8 Å². The molecule has 3 nitrogen and oxygen atoms in total. The molecule has 0 amide bonds. The molecule has 1 aromatic carbocycles. The molecule has 0 radical (unpaired) electrons. The fourth-order valence-electron chi connectivity index (χ4n) is 1.50. The van der Waals surface area contributed by atoms with Crippen molar-refractivity contribution in [1.82, 2.24) is 9.78 Å². The third kappa shape index (κ3) is 1.79. The molecule has 2 rings (SSSR count). The topological polar surface area (TPSA) is 41.6 Å². The first-order valence-corrected chi connectivity index (χ1v) is 5.19. The number of halogens is 1. The number of hydrogen-bond acceptors (Lipinski definition) is 2. The van der Waals surface area contributed by atoms with Gasteiger partial charge in [0.25, 0.3) is 0 Å². The Morgan fingerprint density at radius 3 is 3.07 bits per heavy atom. The van der Waals surface area contributed by atoms with Crippen LogP contribution in [0, 0.1) is 11.3 Å². The summed E-state index contributed by atoms with van der Waals surface area (Å²) in [7, 11) is 1.88. The molecule has 0 aliphatic carbocycles. The summed E-state index contributed by atoms with van der Waals surface area (Å²) in [5.74, 6) is 0. The molecular weight excluding hydrogens is 254 g/mol. The van der Waals surface area contributed by atoms with E-state index >= 15 is 0 Å². The lowest BCUT2D eigenvalue weighted by atomic mass is 10.1. The van der Waals surface area contributed by atoms with Crippen LogP contribution in [0.4, 0.5) is 0 Å². The lowest BCUT2D eigenvalue weighted by Crippen LogP contribution is -1.84. The number of nitriles is 1. The van der Waals surface area contributed by atoms with E-state index in [0.717, 1.165) is 20.9 Å². The second-order valence-corrected chi connectivity index (χ2v) is 4.01. The predicted octanol–water partition coefficient (Wildman–Crippen LogP) is 2.87. The van der Waals surface area contributed by atoms with Gasteiger partial charge in [0.05, 0.1) is 11.6 Å². The quantitative estimate of drug-likeness (QED) is 0.741. The molecule has 2 aromatic rings. The molecule has 0 saturated heterocycles. The maximum atomic E-state index is 8.52. The van der Waals surface area contributed by atoms with Crippen LogP contribution in [-0.2, 0) is 7.05 Å². The predicted molar refractivity (Wildman–Crippen MR) is 63.1 cm³/mol. The minimum absolute atomic E-state index is 0.929. The van der Waals surface area contributed by atoms with Crippen molar-refractivity contribution in [1.29, 1.82) is 5.26 Å². The standard InChI is InChI=1S/C11H8BrN3/c1-15-7-9-8(3-2-6-13)10(12)4-5-11(9)14-15/h2-5,7H,1H3/b3-2+. The van der Waals surface area contributed by atoms with Crippen LogP contribution in [0.5, 0.6) is 0 Å². The van der Waals surface area contributed by atoms with Crippen LogP contribution in [0.1, 0.15) is 5.56 Å². The molecule has 0 N–H and O–H groups in total. The van der Waals surface area contributed by atoms with Crippen molar-refractivity contribution in [3.05, 3.63) is 34.4 Å². The first-order valence-electron chi connectivity index (χ1n) is 4.40. The molecule has 0 fully saturated rings. The van der Waals surface area contributed by atoms with E-state index in [1.807, 2.05) is 31.4 Å². The van der Waals surface area contributed by atoms with Crippen LogP contribution in [0.3, 0.4) is 0 Å². The van der Waals surface area contributed by atoms with Crippen molar-refractivity contribution < 1.29 is 0 Å². The van der Waals surface area contributed by atoms with Crippen LogP contribution in [0.25, 0.3) is 17.0 Å². The van der Waals surface area contributed by atoms with Gasteiger partial charge in [-0.1, -0.05) is 15.9 Å². The molecule has 1 heterocycles. The van der Waals surface area contributed by atoms with Gasteiger partial charge in [-0.15, -0.1) is 0 Å². The van der Waals surface area contributed by atoms with Gasteiger partial charge in [0, 0.05) is 34.7 Å². The minimum atomic E-state index is 0.929. The SMILES string of the molecule is Cn1cc2c(/C=C/C#N)c(Br)ccc2n1. The summed E-state index contributed by atoms with van der Waals surface area (Å²) in [5, 5.41) is 13.9. The number of benzene rings is 1. The highest BCUT2D eigenvalue weighted by atomic mass is 79.9. The summed E-state index contributed by atoms with van der Waals surface area (Å²) in [6.45, 7) is 0. The first-order chi connectivity index (χ1) is 7.22. The molecule has 0 bridgehead atoms. The van der Waals surface area contributed by atoms with E-state index in [2.05, 4.69) is 21.0 Å².